The van der Waals surface area contributed by atoms with E-state index in [4.69, 9.17) is 29.1 Å². The van der Waals surface area contributed by atoms with Crippen molar-refractivity contribution in [2.45, 2.75) is 0 Å². The minimum atomic E-state index is -5.39. The molecule has 0 radical (unpaired) electrons. The van der Waals surface area contributed by atoms with Gasteiger partial charge in [-0.15, -0.1) is 0 Å². The summed E-state index contributed by atoms with van der Waals surface area (Å²) in [5.41, 5.74) is 0. The molecule has 0 aromatic heterocycles. The van der Waals surface area contributed by atoms with E-state index >= 15 is 0 Å². The van der Waals surface area contributed by atoms with Gasteiger partial charge in [0.2, 0.25) is 0 Å². The highest BCUT2D eigenvalue weighted by molar-refractivity contribution is 7.61. The lowest BCUT2D eigenvalue weighted by atomic mass is 15.6. The quantitative estimate of drug-likeness (QED) is 0.235. The molecule has 0 spiro atoms. The summed E-state index contributed by atoms with van der Waals surface area (Å²) in [5.74, 6) is 0. The smallest absolute Gasteiger partial charge is 0.367 e. The Balaban J connectivity index is 4.44. The van der Waals surface area contributed by atoms with Crippen molar-refractivity contribution in [3.8, 4) is 0 Å². The van der Waals surface area contributed by atoms with Crippen LogP contribution in [0.5, 0.6) is 0 Å². The lowest BCUT2D eigenvalue weighted by molar-refractivity contribution is 0.105. The molecule has 0 fully saturated rings. The summed E-state index contributed by atoms with van der Waals surface area (Å²) in [6.45, 7) is 0. The minimum Gasteiger partial charge on any atom is -0.367 e. The van der Waals surface area contributed by atoms with Crippen LogP contribution in [0.15, 0.2) is 0 Å². The van der Waals surface area contributed by atoms with Crippen LogP contribution in [0.1, 0.15) is 0 Å². The molecule has 6 N–H and O–H groups in total. The first-order valence-electron chi connectivity index (χ1n) is 2.39. The van der Waals surface area contributed by atoms with Crippen LogP contribution in [-0.4, -0.2) is 38.1 Å². The summed E-state index contributed by atoms with van der Waals surface area (Å²) >= 11 is 0. The Morgan fingerprint density at radius 3 is 1.62 bits per heavy atom. The molecule has 0 aromatic carbocycles. The summed E-state index contributed by atoms with van der Waals surface area (Å²) in [6.07, 6.45) is 0. The topological polar surface area (TPSA) is 174 Å². The zero-order valence-corrected chi connectivity index (χ0v) is 8.50. The average Bonchev–Trinajstić information content (AvgIpc) is 1.43. The van der Waals surface area contributed by atoms with Crippen molar-refractivity contribution < 1.29 is 46.7 Å². The fraction of sp³-hybridized carbons (Fsp3) is 0. The second kappa shape index (κ2) is 3.85. The molecule has 0 saturated heterocycles. The van der Waals surface area contributed by atoms with Crippen molar-refractivity contribution in [1.82, 2.24) is 0 Å². The number of phosphoric acid groups is 2. The number of hydrogen-bond acceptors (Lipinski definition) is 7. The Morgan fingerprint density at radius 1 is 1.00 bits per heavy atom. The Morgan fingerprint density at radius 2 is 1.38 bits per heavy atom. The SMILES string of the molecule is O=P(O)(O)OP(=O)(O)O[Si](O)(O)O. The second-order valence-electron chi connectivity index (χ2n) is 1.71. The molecule has 80 valence electrons. The Hall–Kier alpha value is 0.357. The zero-order chi connectivity index (χ0) is 10.9. The van der Waals surface area contributed by atoms with Crippen LogP contribution in [0.25, 0.3) is 0 Å². The molecule has 0 rings (SSSR count). The molecule has 0 aromatic rings. The van der Waals surface area contributed by atoms with Crippen LogP contribution in [0, 0.1) is 0 Å². The molecular formula is H6O10P2Si. The van der Waals surface area contributed by atoms with Crippen LogP contribution in [-0.2, 0) is 17.7 Å². The third-order valence-corrected chi connectivity index (χ3v) is 4.03. The predicted molar refractivity (Wildman–Crippen MR) is 36.4 cm³/mol. The zero-order valence-electron chi connectivity index (χ0n) is 5.71. The van der Waals surface area contributed by atoms with Crippen LogP contribution >= 0.6 is 15.6 Å². The molecule has 0 saturated carbocycles. The van der Waals surface area contributed by atoms with Crippen LogP contribution in [0.2, 0.25) is 0 Å². The summed E-state index contributed by atoms with van der Waals surface area (Å²) in [7, 11) is -16.1. The Labute approximate surface area is 72.3 Å². The molecule has 1 unspecified atom stereocenters. The van der Waals surface area contributed by atoms with E-state index in [-0.39, 0.29) is 0 Å². The summed E-state index contributed by atoms with van der Waals surface area (Å²) in [6, 6.07) is 0. The molecule has 0 bridgehead atoms. The van der Waals surface area contributed by atoms with Crippen molar-refractivity contribution in [1.29, 1.82) is 0 Å². The summed E-state index contributed by atoms with van der Waals surface area (Å²) in [5, 5.41) is 0. The monoisotopic (exact) mass is 256 g/mol. The Kier molecular flexibility index (Phi) is 3.95. The first-order valence-corrected chi connectivity index (χ1v) is 7.16. The van der Waals surface area contributed by atoms with Gasteiger partial charge in [-0.2, -0.15) is 4.31 Å². The number of hydrogen-bond donors (Lipinski definition) is 6. The van der Waals surface area contributed by atoms with Gasteiger partial charge < -0.3 is 29.1 Å². The number of rotatable bonds is 4. The maximum atomic E-state index is 10.4. The highest BCUT2D eigenvalue weighted by atomic mass is 31.3. The highest BCUT2D eigenvalue weighted by Gasteiger charge is 2.44. The average molecular weight is 256 g/mol. The van der Waals surface area contributed by atoms with Gasteiger partial charge >= 0.3 is 24.7 Å². The fourth-order valence-corrected chi connectivity index (χ4v) is 3.05. The lowest BCUT2D eigenvalue weighted by Crippen LogP contribution is -2.37. The molecule has 10 nitrogen and oxygen atoms in total. The van der Waals surface area contributed by atoms with E-state index in [9.17, 15) is 9.13 Å². The summed E-state index contributed by atoms with van der Waals surface area (Å²) in [4.78, 5) is 48.7. The van der Waals surface area contributed by atoms with Gasteiger partial charge in [0.25, 0.3) is 0 Å². The molecule has 13 heavy (non-hydrogen) atoms. The van der Waals surface area contributed by atoms with Gasteiger partial charge in [-0.1, -0.05) is 0 Å². The van der Waals surface area contributed by atoms with E-state index in [0.717, 1.165) is 0 Å². The van der Waals surface area contributed by atoms with E-state index in [2.05, 4.69) is 8.52 Å². The summed E-state index contributed by atoms with van der Waals surface area (Å²) < 4.78 is 26.7. The van der Waals surface area contributed by atoms with E-state index in [0.29, 0.717) is 0 Å². The van der Waals surface area contributed by atoms with Gasteiger partial charge in [-0.3, -0.25) is 4.21 Å². The van der Waals surface area contributed by atoms with Crippen molar-refractivity contribution in [2.75, 3.05) is 0 Å². The van der Waals surface area contributed by atoms with Gasteiger partial charge in [0.1, 0.15) is 0 Å². The van der Waals surface area contributed by atoms with Crippen molar-refractivity contribution >= 4 is 24.7 Å². The minimum absolute atomic E-state index is 3.11. The molecule has 0 aliphatic carbocycles. The molecule has 0 amide bonds. The lowest BCUT2D eigenvalue weighted by Gasteiger charge is -2.15. The van der Waals surface area contributed by atoms with Gasteiger partial charge in [0.15, 0.2) is 0 Å². The largest absolute Gasteiger partial charge is 0.680 e. The van der Waals surface area contributed by atoms with Gasteiger partial charge in [0, 0.05) is 0 Å². The molecule has 13 heteroatoms. The normalized spacial score (nSPS) is 18.3. The molecule has 0 aliphatic heterocycles. The van der Waals surface area contributed by atoms with Crippen LogP contribution in [0.3, 0.4) is 0 Å². The van der Waals surface area contributed by atoms with Crippen LogP contribution in [0.4, 0.5) is 0 Å². The standard InChI is InChI=1S/H6O10P2Si/c1-11(2,3)9-12(4,5)10-13(6,7)8/h6-8H,(H,4,5)(H2,1,2,3). The van der Waals surface area contributed by atoms with Crippen LogP contribution < -0.4 is 0 Å². The van der Waals surface area contributed by atoms with E-state index in [1.165, 1.54) is 0 Å². The van der Waals surface area contributed by atoms with Gasteiger partial charge in [0.05, 0.1) is 0 Å². The van der Waals surface area contributed by atoms with E-state index in [1.54, 1.807) is 0 Å². The van der Waals surface area contributed by atoms with Crippen molar-refractivity contribution in [2.24, 2.45) is 0 Å². The fourth-order valence-electron chi connectivity index (χ4n) is 0.306. The second-order valence-corrected chi connectivity index (χ2v) is 6.16. The molecular weight excluding hydrogens is 250 g/mol. The molecule has 0 heterocycles. The highest BCUT2D eigenvalue weighted by Crippen LogP contribution is 2.58. The van der Waals surface area contributed by atoms with Crippen molar-refractivity contribution in [3.63, 3.8) is 0 Å². The first kappa shape index (κ1) is 13.4. The van der Waals surface area contributed by atoms with E-state index in [1.807, 2.05) is 0 Å². The Bertz CT molecular complexity index is 255. The maximum absolute atomic E-state index is 10.4. The molecule has 0 aliphatic rings. The predicted octanol–water partition coefficient (Wildman–Crippen LogP) is -2.37. The first-order chi connectivity index (χ1) is 5.41. The van der Waals surface area contributed by atoms with Crippen molar-refractivity contribution in [3.05, 3.63) is 0 Å². The third kappa shape index (κ3) is 8.68. The molecule has 1 atom stereocenters. The maximum Gasteiger partial charge on any atom is 0.680 e. The van der Waals surface area contributed by atoms with E-state index < -0.39 is 24.7 Å². The third-order valence-electron chi connectivity index (χ3n) is 0.447. The van der Waals surface area contributed by atoms with Gasteiger partial charge in [-0.25, -0.2) is 9.13 Å². The van der Waals surface area contributed by atoms with Gasteiger partial charge in [-0.05, 0) is 0 Å².